The lowest BCUT2D eigenvalue weighted by atomic mass is 9.85. The summed E-state index contributed by atoms with van der Waals surface area (Å²) in [5, 5.41) is 0. The summed E-state index contributed by atoms with van der Waals surface area (Å²) >= 11 is 0. The monoisotopic (exact) mass is 311 g/mol. The van der Waals surface area contributed by atoms with Gasteiger partial charge in [0.05, 0.1) is 7.11 Å². The zero-order valence-corrected chi connectivity index (χ0v) is 13.9. The van der Waals surface area contributed by atoms with Crippen molar-refractivity contribution in [2.45, 2.75) is 38.5 Å². The van der Waals surface area contributed by atoms with Crippen LogP contribution in [0.1, 0.15) is 53.6 Å². The van der Waals surface area contributed by atoms with E-state index in [1.807, 2.05) is 36.4 Å². The van der Waals surface area contributed by atoms with E-state index >= 15 is 0 Å². The maximum absolute atomic E-state index is 11.8. The highest BCUT2D eigenvalue weighted by atomic mass is 16.5. The number of primary amides is 1. The van der Waals surface area contributed by atoms with Crippen molar-refractivity contribution in [2.24, 2.45) is 5.73 Å². The molecule has 0 aromatic heterocycles. The topological polar surface area (TPSA) is 52.3 Å². The predicted octanol–water partition coefficient (Wildman–Crippen LogP) is 4.31. The minimum atomic E-state index is -0.354. The van der Waals surface area contributed by atoms with E-state index in [9.17, 15) is 4.79 Å². The standard InChI is InChI=1S/C20H25NO2/c1-3-4-9-16(13-15-8-7-10-17(14-15)23-2)18-11-5-6-12-19(18)20(21)22/h5-8,10-12,14,16H,3-4,9,13H2,1-2H3,(H2,21,22)/t16-/m0/s1. The molecule has 0 aliphatic rings. The summed E-state index contributed by atoms with van der Waals surface area (Å²) in [6.45, 7) is 2.18. The molecular weight excluding hydrogens is 286 g/mol. The second-order valence-electron chi connectivity index (χ2n) is 5.85. The van der Waals surface area contributed by atoms with Crippen molar-refractivity contribution in [3.8, 4) is 5.75 Å². The smallest absolute Gasteiger partial charge is 0.248 e. The van der Waals surface area contributed by atoms with Gasteiger partial charge in [0.15, 0.2) is 0 Å². The Hall–Kier alpha value is -2.29. The fourth-order valence-electron chi connectivity index (χ4n) is 2.98. The van der Waals surface area contributed by atoms with Gasteiger partial charge in [-0.2, -0.15) is 0 Å². The Bertz CT molecular complexity index is 652. The Morgan fingerprint density at radius 1 is 1.17 bits per heavy atom. The summed E-state index contributed by atoms with van der Waals surface area (Å²) in [6, 6.07) is 15.8. The number of benzene rings is 2. The van der Waals surface area contributed by atoms with E-state index in [1.54, 1.807) is 7.11 Å². The first-order valence-corrected chi connectivity index (χ1v) is 8.17. The summed E-state index contributed by atoms with van der Waals surface area (Å²) < 4.78 is 5.31. The highest BCUT2D eigenvalue weighted by Crippen LogP contribution is 2.30. The van der Waals surface area contributed by atoms with Crippen LogP contribution in [0, 0.1) is 0 Å². The van der Waals surface area contributed by atoms with Gasteiger partial charge in [0.1, 0.15) is 5.75 Å². The minimum Gasteiger partial charge on any atom is -0.497 e. The van der Waals surface area contributed by atoms with Crippen LogP contribution >= 0.6 is 0 Å². The van der Waals surface area contributed by atoms with Crippen molar-refractivity contribution >= 4 is 5.91 Å². The number of rotatable bonds is 8. The van der Waals surface area contributed by atoms with Gasteiger partial charge in [-0.1, -0.05) is 50.1 Å². The number of amides is 1. The van der Waals surface area contributed by atoms with Gasteiger partial charge in [0, 0.05) is 5.56 Å². The highest BCUT2D eigenvalue weighted by Gasteiger charge is 2.18. The molecule has 23 heavy (non-hydrogen) atoms. The zero-order valence-electron chi connectivity index (χ0n) is 13.9. The van der Waals surface area contributed by atoms with Crippen LogP contribution in [0.25, 0.3) is 0 Å². The lowest BCUT2D eigenvalue weighted by Crippen LogP contribution is -2.16. The molecule has 0 radical (unpaired) electrons. The lowest BCUT2D eigenvalue weighted by molar-refractivity contribution is 0.0999. The van der Waals surface area contributed by atoms with Gasteiger partial charge in [-0.25, -0.2) is 0 Å². The first kappa shape index (κ1) is 17.1. The first-order valence-electron chi connectivity index (χ1n) is 8.17. The number of ether oxygens (including phenoxy) is 1. The molecule has 0 unspecified atom stereocenters. The molecule has 2 rings (SSSR count). The van der Waals surface area contributed by atoms with Crippen LogP contribution in [0.2, 0.25) is 0 Å². The van der Waals surface area contributed by atoms with Gasteiger partial charge in [-0.3, -0.25) is 4.79 Å². The zero-order chi connectivity index (χ0) is 16.7. The van der Waals surface area contributed by atoms with Gasteiger partial charge >= 0.3 is 0 Å². The molecule has 0 bridgehead atoms. The molecule has 2 N–H and O–H groups in total. The second kappa shape index (κ2) is 8.37. The summed E-state index contributed by atoms with van der Waals surface area (Å²) in [4.78, 5) is 11.8. The largest absolute Gasteiger partial charge is 0.497 e. The molecule has 122 valence electrons. The molecule has 0 aliphatic heterocycles. The number of hydrogen-bond donors (Lipinski definition) is 1. The van der Waals surface area contributed by atoms with Crippen LogP contribution in [0.3, 0.4) is 0 Å². The second-order valence-corrected chi connectivity index (χ2v) is 5.85. The average Bonchev–Trinajstić information content (AvgIpc) is 2.58. The van der Waals surface area contributed by atoms with Crippen LogP contribution in [-0.2, 0) is 6.42 Å². The van der Waals surface area contributed by atoms with Gasteiger partial charge in [-0.05, 0) is 48.1 Å². The summed E-state index contributed by atoms with van der Waals surface area (Å²) in [6.07, 6.45) is 4.18. The third-order valence-electron chi connectivity index (χ3n) is 4.19. The van der Waals surface area contributed by atoms with Crippen molar-refractivity contribution < 1.29 is 9.53 Å². The third kappa shape index (κ3) is 4.59. The molecule has 0 spiro atoms. The first-order chi connectivity index (χ1) is 11.2. The van der Waals surface area contributed by atoms with Crippen molar-refractivity contribution in [1.82, 2.24) is 0 Å². The number of nitrogens with two attached hydrogens (primary N) is 1. The third-order valence-corrected chi connectivity index (χ3v) is 4.19. The summed E-state index contributed by atoms with van der Waals surface area (Å²) in [5.41, 5.74) is 8.46. The van der Waals surface area contributed by atoms with Gasteiger partial charge in [0.2, 0.25) is 5.91 Å². The number of hydrogen-bond acceptors (Lipinski definition) is 2. The van der Waals surface area contributed by atoms with Crippen LogP contribution in [0.4, 0.5) is 0 Å². The number of carbonyl (C=O) groups is 1. The SMILES string of the molecule is CCCC[C@@H](Cc1cccc(OC)c1)c1ccccc1C(N)=O. The highest BCUT2D eigenvalue weighted by molar-refractivity contribution is 5.94. The molecule has 3 heteroatoms. The lowest BCUT2D eigenvalue weighted by Gasteiger charge is -2.20. The van der Waals surface area contributed by atoms with E-state index in [-0.39, 0.29) is 11.8 Å². The molecule has 0 heterocycles. The van der Waals surface area contributed by atoms with E-state index in [0.29, 0.717) is 5.56 Å². The molecule has 0 saturated carbocycles. The van der Waals surface area contributed by atoms with Crippen LogP contribution < -0.4 is 10.5 Å². The van der Waals surface area contributed by atoms with E-state index in [2.05, 4.69) is 19.1 Å². The van der Waals surface area contributed by atoms with Crippen LogP contribution in [-0.4, -0.2) is 13.0 Å². The predicted molar refractivity (Wildman–Crippen MR) is 93.9 cm³/mol. The van der Waals surface area contributed by atoms with E-state index in [0.717, 1.165) is 37.0 Å². The maximum atomic E-state index is 11.8. The number of carbonyl (C=O) groups excluding carboxylic acids is 1. The van der Waals surface area contributed by atoms with E-state index < -0.39 is 0 Å². The molecule has 2 aromatic rings. The number of methoxy groups -OCH3 is 1. The molecule has 3 nitrogen and oxygen atoms in total. The Balaban J connectivity index is 2.31. The van der Waals surface area contributed by atoms with Crippen molar-refractivity contribution in [1.29, 1.82) is 0 Å². The maximum Gasteiger partial charge on any atom is 0.248 e. The van der Waals surface area contributed by atoms with Gasteiger partial charge < -0.3 is 10.5 Å². The Kier molecular flexibility index (Phi) is 6.21. The molecule has 0 fully saturated rings. The fourth-order valence-corrected chi connectivity index (χ4v) is 2.98. The van der Waals surface area contributed by atoms with E-state index in [1.165, 1.54) is 5.56 Å². The van der Waals surface area contributed by atoms with Crippen molar-refractivity contribution in [3.63, 3.8) is 0 Å². The summed E-state index contributed by atoms with van der Waals surface area (Å²) in [7, 11) is 1.68. The van der Waals surface area contributed by atoms with Crippen LogP contribution in [0.15, 0.2) is 48.5 Å². The molecule has 2 aromatic carbocycles. The fraction of sp³-hybridized carbons (Fsp3) is 0.350. The van der Waals surface area contributed by atoms with Gasteiger partial charge in [0.25, 0.3) is 0 Å². The molecule has 0 saturated heterocycles. The minimum absolute atomic E-state index is 0.283. The molecular formula is C20H25NO2. The number of unbranched alkanes of at least 4 members (excludes halogenated alkanes) is 1. The van der Waals surface area contributed by atoms with E-state index in [4.69, 9.17) is 10.5 Å². The molecule has 1 atom stereocenters. The van der Waals surface area contributed by atoms with Crippen LogP contribution in [0.5, 0.6) is 5.75 Å². The quantitative estimate of drug-likeness (QED) is 0.789. The molecule has 0 aliphatic carbocycles. The normalized spacial score (nSPS) is 11.9. The molecule has 1 amide bonds. The van der Waals surface area contributed by atoms with Crippen molar-refractivity contribution in [2.75, 3.05) is 7.11 Å². The van der Waals surface area contributed by atoms with Gasteiger partial charge in [-0.15, -0.1) is 0 Å². The average molecular weight is 311 g/mol. The Labute approximate surface area is 138 Å². The Morgan fingerprint density at radius 2 is 1.96 bits per heavy atom. The Morgan fingerprint density at radius 3 is 2.65 bits per heavy atom. The summed E-state index contributed by atoms with van der Waals surface area (Å²) in [5.74, 6) is 0.790. The van der Waals surface area contributed by atoms with Crippen molar-refractivity contribution in [3.05, 3.63) is 65.2 Å².